The van der Waals surface area contributed by atoms with E-state index in [1.54, 1.807) is 0 Å². The molecule has 0 bridgehead atoms. The lowest BCUT2D eigenvalue weighted by atomic mass is 9.75. The van der Waals surface area contributed by atoms with Crippen LogP contribution in [0.15, 0.2) is 17.5 Å². The van der Waals surface area contributed by atoms with Gasteiger partial charge in [-0.25, -0.2) is 0 Å². The lowest BCUT2D eigenvalue weighted by molar-refractivity contribution is -0.0207. The lowest BCUT2D eigenvalue weighted by Crippen LogP contribution is -2.37. The molecule has 1 aromatic rings. The van der Waals surface area contributed by atoms with Gasteiger partial charge in [-0.1, -0.05) is 34.8 Å². The molecule has 0 radical (unpaired) electrons. The predicted molar refractivity (Wildman–Crippen MR) is 73.6 cm³/mol. The highest BCUT2D eigenvalue weighted by Gasteiger charge is 2.42. The Balaban J connectivity index is 1.92. The molecule has 0 saturated heterocycles. The quantitative estimate of drug-likeness (QED) is 0.934. The number of aliphatic hydroxyl groups is 1. The van der Waals surface area contributed by atoms with Gasteiger partial charge in [0, 0.05) is 18.0 Å². The van der Waals surface area contributed by atoms with Crippen LogP contribution in [0.5, 0.6) is 0 Å². The molecule has 1 saturated carbocycles. The Kier molecular flexibility index (Phi) is 3.65. The monoisotopic (exact) mass is 300 g/mol. The number of hydrogen-bond donors (Lipinski definition) is 1. The summed E-state index contributed by atoms with van der Waals surface area (Å²) in [5, 5.41) is 14.6. The van der Waals surface area contributed by atoms with Crippen molar-refractivity contribution in [3.63, 3.8) is 0 Å². The molecule has 4 nitrogen and oxygen atoms in total. The van der Waals surface area contributed by atoms with Crippen LogP contribution in [0.4, 0.5) is 0 Å². The Hall–Kier alpha value is -0.840. The fraction of sp³-hybridized carbons (Fsp3) is 0.538. The fourth-order valence-corrected chi connectivity index (χ4v) is 3.23. The summed E-state index contributed by atoms with van der Waals surface area (Å²) in [6.45, 7) is -0.0189. The third-order valence-corrected chi connectivity index (χ3v) is 4.51. The van der Waals surface area contributed by atoms with Crippen LogP contribution in [0.3, 0.4) is 0 Å². The van der Waals surface area contributed by atoms with Crippen LogP contribution < -0.4 is 0 Å². The molecule has 0 spiro atoms. The first-order valence-electron chi connectivity index (χ1n) is 6.36. The molecular weight excluding hydrogens is 287 g/mol. The van der Waals surface area contributed by atoms with E-state index >= 15 is 0 Å². The van der Waals surface area contributed by atoms with E-state index in [1.807, 2.05) is 0 Å². The summed E-state index contributed by atoms with van der Waals surface area (Å²) in [5.41, 5.74) is 1.26. The van der Waals surface area contributed by atoms with Crippen molar-refractivity contribution in [2.24, 2.45) is 17.0 Å². The zero-order valence-electron chi connectivity index (χ0n) is 10.2. The van der Waals surface area contributed by atoms with Gasteiger partial charge in [0.15, 0.2) is 0 Å². The van der Waals surface area contributed by atoms with Gasteiger partial charge in [-0.2, -0.15) is 0 Å². The van der Waals surface area contributed by atoms with E-state index < -0.39 is 0 Å². The largest absolute Gasteiger partial charge is 0.396 e. The summed E-state index contributed by atoms with van der Waals surface area (Å²) in [4.78, 5) is 9.45. The van der Waals surface area contributed by atoms with Crippen molar-refractivity contribution in [3.05, 3.63) is 28.0 Å². The van der Waals surface area contributed by atoms with Crippen LogP contribution in [-0.2, 0) is 4.84 Å². The molecule has 19 heavy (non-hydrogen) atoms. The molecule has 0 aromatic carbocycles. The van der Waals surface area contributed by atoms with Gasteiger partial charge in [-0.3, -0.25) is 4.98 Å². The normalized spacial score (nSPS) is 26.8. The Morgan fingerprint density at radius 3 is 2.47 bits per heavy atom. The Labute approximate surface area is 121 Å². The number of oxime groups is 1. The number of hydrogen-bond acceptors (Lipinski definition) is 4. The van der Waals surface area contributed by atoms with E-state index in [2.05, 4.69) is 10.1 Å². The van der Waals surface area contributed by atoms with Crippen molar-refractivity contribution < 1.29 is 9.94 Å². The fourth-order valence-electron chi connectivity index (χ4n) is 2.67. The van der Waals surface area contributed by atoms with Gasteiger partial charge in [0.1, 0.15) is 6.10 Å². The van der Waals surface area contributed by atoms with Gasteiger partial charge in [-0.15, -0.1) is 0 Å². The molecule has 2 unspecified atom stereocenters. The van der Waals surface area contributed by atoms with Crippen molar-refractivity contribution in [2.45, 2.75) is 25.4 Å². The third-order valence-electron chi connectivity index (χ3n) is 3.94. The van der Waals surface area contributed by atoms with Gasteiger partial charge in [0.25, 0.3) is 0 Å². The average Bonchev–Trinajstić information content (AvgIpc) is 2.70. The van der Waals surface area contributed by atoms with Crippen LogP contribution in [0, 0.1) is 11.8 Å². The molecule has 2 heterocycles. The second-order valence-corrected chi connectivity index (χ2v) is 5.82. The summed E-state index contributed by atoms with van der Waals surface area (Å²) in [7, 11) is 0. The summed E-state index contributed by atoms with van der Waals surface area (Å²) < 4.78 is 0. The maximum atomic E-state index is 9.66. The molecule has 1 fully saturated rings. The Morgan fingerprint density at radius 2 is 1.95 bits per heavy atom. The number of nitrogens with zero attached hydrogens (tertiary/aromatic N) is 2. The number of aromatic nitrogens is 1. The van der Waals surface area contributed by atoms with Gasteiger partial charge < -0.3 is 9.94 Å². The molecule has 2 aliphatic rings. The maximum absolute atomic E-state index is 9.66. The zero-order valence-corrected chi connectivity index (χ0v) is 11.7. The first kappa shape index (κ1) is 13.2. The van der Waals surface area contributed by atoms with Gasteiger partial charge in [-0.05, 0) is 18.8 Å². The Bertz CT molecular complexity index is 497. The summed E-state index contributed by atoms with van der Waals surface area (Å²) >= 11 is 12.3. The molecule has 3 rings (SSSR count). The van der Waals surface area contributed by atoms with E-state index in [1.165, 1.54) is 18.8 Å². The number of rotatable bonds is 3. The lowest BCUT2D eigenvalue weighted by Gasteiger charge is -2.32. The topological polar surface area (TPSA) is 54.7 Å². The van der Waals surface area contributed by atoms with E-state index in [0.717, 1.165) is 12.8 Å². The summed E-state index contributed by atoms with van der Waals surface area (Å²) in [6.07, 6.45) is 6.46. The molecule has 1 aromatic heterocycles. The minimum absolute atomic E-state index is 0.0189. The van der Waals surface area contributed by atoms with Gasteiger partial charge in [0.05, 0.1) is 28.3 Å². The van der Waals surface area contributed by atoms with Crippen molar-refractivity contribution in [2.75, 3.05) is 6.61 Å². The highest BCUT2D eigenvalue weighted by atomic mass is 35.5. The minimum Gasteiger partial charge on any atom is -0.396 e. The molecular formula is C13H14Cl2N2O2. The van der Waals surface area contributed by atoms with Gasteiger partial charge in [0.2, 0.25) is 0 Å². The molecule has 1 aliphatic carbocycles. The van der Waals surface area contributed by atoms with E-state index in [0.29, 0.717) is 27.2 Å². The van der Waals surface area contributed by atoms with E-state index in [-0.39, 0.29) is 18.6 Å². The zero-order chi connectivity index (χ0) is 13.4. The van der Waals surface area contributed by atoms with Gasteiger partial charge >= 0.3 is 0 Å². The molecule has 102 valence electrons. The Morgan fingerprint density at radius 1 is 1.26 bits per heavy atom. The molecule has 6 heteroatoms. The second-order valence-electron chi connectivity index (χ2n) is 5.00. The van der Waals surface area contributed by atoms with E-state index in [9.17, 15) is 5.11 Å². The first-order valence-corrected chi connectivity index (χ1v) is 7.12. The van der Waals surface area contributed by atoms with E-state index in [4.69, 9.17) is 28.0 Å². The molecule has 0 amide bonds. The SMILES string of the molecule is OCC1C(c2c(Cl)cncc2Cl)=NOC1C1CCC1. The highest BCUT2D eigenvalue weighted by molar-refractivity contribution is 6.40. The molecule has 2 atom stereocenters. The second kappa shape index (κ2) is 5.27. The van der Waals surface area contributed by atoms with Crippen LogP contribution >= 0.6 is 23.2 Å². The summed E-state index contributed by atoms with van der Waals surface area (Å²) in [6, 6.07) is 0. The van der Waals surface area contributed by atoms with Crippen LogP contribution in [0.25, 0.3) is 0 Å². The number of pyridine rings is 1. The van der Waals surface area contributed by atoms with Crippen LogP contribution in [0.2, 0.25) is 10.0 Å². The molecule has 1 N–H and O–H groups in total. The smallest absolute Gasteiger partial charge is 0.141 e. The first-order chi connectivity index (χ1) is 9.22. The average molecular weight is 301 g/mol. The number of halogens is 2. The van der Waals surface area contributed by atoms with Crippen molar-refractivity contribution in [1.82, 2.24) is 4.98 Å². The maximum Gasteiger partial charge on any atom is 0.141 e. The van der Waals surface area contributed by atoms with Crippen molar-refractivity contribution >= 4 is 28.9 Å². The third kappa shape index (κ3) is 2.22. The minimum atomic E-state index is -0.164. The van der Waals surface area contributed by atoms with Crippen LogP contribution in [-0.4, -0.2) is 28.5 Å². The standard InChI is InChI=1S/C13H14Cl2N2O2/c14-9-4-16-5-10(15)11(9)12-8(6-18)13(19-17-12)7-2-1-3-7/h4-5,7-8,13,18H,1-3,6H2. The predicted octanol–water partition coefficient (Wildman–Crippen LogP) is 2.90. The van der Waals surface area contributed by atoms with Crippen LogP contribution in [0.1, 0.15) is 24.8 Å². The molecule has 1 aliphatic heterocycles. The highest BCUT2D eigenvalue weighted by Crippen LogP contribution is 2.40. The van der Waals surface area contributed by atoms with Crippen molar-refractivity contribution in [1.29, 1.82) is 0 Å². The van der Waals surface area contributed by atoms with Crippen molar-refractivity contribution in [3.8, 4) is 0 Å². The number of aliphatic hydroxyl groups excluding tert-OH is 1. The summed E-state index contributed by atoms with van der Waals surface area (Å²) in [5.74, 6) is 0.306.